The molecule has 24 heavy (non-hydrogen) atoms. The van der Waals surface area contributed by atoms with Gasteiger partial charge in [0.2, 0.25) is 15.9 Å². The van der Waals surface area contributed by atoms with E-state index in [-0.39, 0.29) is 10.1 Å². The van der Waals surface area contributed by atoms with Crippen LogP contribution in [-0.2, 0) is 34.2 Å². The van der Waals surface area contributed by atoms with E-state index in [1.807, 2.05) is 0 Å². The first-order chi connectivity index (χ1) is 11.4. The molecule has 1 aromatic carbocycles. The second-order valence-electron chi connectivity index (χ2n) is 5.38. The maximum Gasteiger partial charge on any atom is 0.249 e. The van der Waals surface area contributed by atoms with Crippen molar-refractivity contribution in [1.82, 2.24) is 10.0 Å². The van der Waals surface area contributed by atoms with Gasteiger partial charge in [-0.1, -0.05) is 31.2 Å². The van der Waals surface area contributed by atoms with Crippen LogP contribution in [0.2, 0.25) is 0 Å². The first kappa shape index (κ1) is 18.6. The zero-order valence-electron chi connectivity index (χ0n) is 13.8. The highest BCUT2D eigenvalue weighted by atomic mass is 32.2. The highest BCUT2D eigenvalue weighted by Gasteiger charge is 2.14. The molecule has 0 aliphatic carbocycles. The summed E-state index contributed by atoms with van der Waals surface area (Å²) in [5, 5.41) is 2.83. The van der Waals surface area contributed by atoms with Crippen molar-refractivity contribution in [3.05, 3.63) is 52.4 Å². The molecule has 0 radical (unpaired) electrons. The predicted octanol–water partition coefficient (Wildman–Crippen LogP) is 2.47. The third kappa shape index (κ3) is 5.15. The smallest absolute Gasteiger partial charge is 0.249 e. The van der Waals surface area contributed by atoms with Crippen LogP contribution in [0.5, 0.6) is 0 Å². The third-order valence-corrected chi connectivity index (χ3v) is 6.69. The van der Waals surface area contributed by atoms with Gasteiger partial charge in [0.1, 0.15) is 4.21 Å². The molecule has 7 heteroatoms. The molecule has 0 bridgehead atoms. The van der Waals surface area contributed by atoms with Gasteiger partial charge in [0.25, 0.3) is 0 Å². The normalized spacial score (nSPS) is 11.4. The van der Waals surface area contributed by atoms with Crippen molar-refractivity contribution in [3.63, 3.8) is 0 Å². The SMILES string of the molecule is CCc1ccc(CCC(=O)NCc2ccc(S(=O)(=O)NC)s2)cc1. The Hall–Kier alpha value is -1.70. The van der Waals surface area contributed by atoms with Crippen molar-refractivity contribution < 1.29 is 13.2 Å². The quantitative estimate of drug-likeness (QED) is 0.754. The number of thiophene rings is 1. The summed E-state index contributed by atoms with van der Waals surface area (Å²) in [6.45, 7) is 2.46. The largest absolute Gasteiger partial charge is 0.351 e. The fourth-order valence-corrected chi connectivity index (χ4v) is 4.31. The zero-order chi connectivity index (χ0) is 17.6. The lowest BCUT2D eigenvalue weighted by Gasteiger charge is -2.05. The summed E-state index contributed by atoms with van der Waals surface area (Å²) in [7, 11) is -2.03. The molecule has 130 valence electrons. The lowest BCUT2D eigenvalue weighted by molar-refractivity contribution is -0.121. The molecule has 0 saturated carbocycles. The first-order valence-corrected chi connectivity index (χ1v) is 10.1. The number of amides is 1. The number of rotatable bonds is 8. The second-order valence-corrected chi connectivity index (χ2v) is 8.66. The number of hydrogen-bond acceptors (Lipinski definition) is 4. The van der Waals surface area contributed by atoms with Gasteiger partial charge in [-0.25, -0.2) is 13.1 Å². The van der Waals surface area contributed by atoms with Gasteiger partial charge in [0.15, 0.2) is 0 Å². The Morgan fingerprint density at radius 2 is 1.75 bits per heavy atom. The average Bonchev–Trinajstić information content (AvgIpc) is 3.08. The van der Waals surface area contributed by atoms with Crippen molar-refractivity contribution in [3.8, 4) is 0 Å². The number of nitrogens with one attached hydrogen (secondary N) is 2. The molecule has 0 atom stereocenters. The average molecular weight is 367 g/mol. The van der Waals surface area contributed by atoms with Crippen molar-refractivity contribution in [1.29, 1.82) is 0 Å². The van der Waals surface area contributed by atoms with E-state index in [1.165, 1.54) is 12.6 Å². The van der Waals surface area contributed by atoms with Gasteiger partial charge in [0.05, 0.1) is 6.54 Å². The van der Waals surface area contributed by atoms with Gasteiger partial charge in [0, 0.05) is 11.3 Å². The maximum absolute atomic E-state index is 11.9. The van der Waals surface area contributed by atoms with Crippen LogP contribution in [-0.4, -0.2) is 21.4 Å². The van der Waals surface area contributed by atoms with E-state index in [0.717, 1.165) is 28.2 Å². The van der Waals surface area contributed by atoms with Crippen LogP contribution in [0.3, 0.4) is 0 Å². The number of carbonyl (C=O) groups excluding carboxylic acids is 1. The highest BCUT2D eigenvalue weighted by molar-refractivity contribution is 7.91. The molecular formula is C17H22N2O3S2. The van der Waals surface area contributed by atoms with E-state index in [2.05, 4.69) is 41.2 Å². The molecule has 1 aromatic heterocycles. The Balaban J connectivity index is 1.80. The monoisotopic (exact) mass is 366 g/mol. The molecule has 0 spiro atoms. The summed E-state index contributed by atoms with van der Waals surface area (Å²) >= 11 is 1.16. The molecule has 5 nitrogen and oxygen atoms in total. The Morgan fingerprint density at radius 1 is 1.08 bits per heavy atom. The Morgan fingerprint density at radius 3 is 2.38 bits per heavy atom. The van der Waals surface area contributed by atoms with Crippen molar-refractivity contribution in [2.75, 3.05) is 7.05 Å². The van der Waals surface area contributed by atoms with E-state index < -0.39 is 10.0 Å². The van der Waals surface area contributed by atoms with E-state index in [1.54, 1.807) is 12.1 Å². The van der Waals surface area contributed by atoms with E-state index >= 15 is 0 Å². The molecule has 2 rings (SSSR count). The van der Waals surface area contributed by atoms with Gasteiger partial charge in [-0.15, -0.1) is 11.3 Å². The molecule has 1 heterocycles. The summed E-state index contributed by atoms with van der Waals surface area (Å²) < 4.78 is 25.9. The van der Waals surface area contributed by atoms with Crippen LogP contribution >= 0.6 is 11.3 Å². The number of hydrogen-bond donors (Lipinski definition) is 2. The van der Waals surface area contributed by atoms with Crippen LogP contribution < -0.4 is 10.0 Å². The standard InChI is InChI=1S/C17H22N2O3S2/c1-3-13-4-6-14(7-5-13)8-10-16(20)19-12-15-9-11-17(23-15)24(21,22)18-2/h4-7,9,11,18H,3,8,10,12H2,1-2H3,(H,19,20). The summed E-state index contributed by atoms with van der Waals surface area (Å²) in [6.07, 6.45) is 2.12. The van der Waals surface area contributed by atoms with Crippen molar-refractivity contribution in [2.24, 2.45) is 0 Å². The number of aryl methyl sites for hydroxylation is 2. The second kappa shape index (κ2) is 8.41. The predicted molar refractivity (Wildman–Crippen MR) is 96.6 cm³/mol. The molecule has 0 saturated heterocycles. The minimum absolute atomic E-state index is 0.0407. The molecule has 0 fully saturated rings. The molecule has 0 aliphatic heterocycles. The molecule has 2 aromatic rings. The fraction of sp³-hybridized carbons (Fsp3) is 0.353. The summed E-state index contributed by atoms with van der Waals surface area (Å²) in [5.74, 6) is -0.0407. The van der Waals surface area contributed by atoms with Crippen LogP contribution in [0, 0.1) is 0 Å². The number of benzene rings is 1. The van der Waals surface area contributed by atoms with Gasteiger partial charge in [-0.3, -0.25) is 4.79 Å². The first-order valence-electron chi connectivity index (χ1n) is 7.81. The minimum atomic E-state index is -3.41. The molecule has 0 unspecified atom stereocenters. The Bertz CT molecular complexity index is 780. The highest BCUT2D eigenvalue weighted by Crippen LogP contribution is 2.21. The van der Waals surface area contributed by atoms with Crippen LogP contribution in [0.4, 0.5) is 0 Å². The fourth-order valence-electron chi connectivity index (χ4n) is 2.17. The van der Waals surface area contributed by atoms with Crippen LogP contribution in [0.15, 0.2) is 40.6 Å². The third-order valence-electron chi connectivity index (χ3n) is 3.70. The summed E-state index contributed by atoms with van der Waals surface area (Å²) in [5.41, 5.74) is 2.43. The Kier molecular flexibility index (Phi) is 6.53. The van der Waals surface area contributed by atoms with E-state index in [4.69, 9.17) is 0 Å². The number of carbonyl (C=O) groups is 1. The topological polar surface area (TPSA) is 75.3 Å². The van der Waals surface area contributed by atoms with Gasteiger partial charge in [-0.2, -0.15) is 0 Å². The zero-order valence-corrected chi connectivity index (χ0v) is 15.5. The lowest BCUT2D eigenvalue weighted by Crippen LogP contribution is -2.22. The molecular weight excluding hydrogens is 344 g/mol. The number of sulfonamides is 1. The minimum Gasteiger partial charge on any atom is -0.351 e. The van der Waals surface area contributed by atoms with Crippen molar-refractivity contribution in [2.45, 2.75) is 36.9 Å². The summed E-state index contributed by atoms with van der Waals surface area (Å²) in [6, 6.07) is 11.6. The molecule has 0 aliphatic rings. The molecule has 1 amide bonds. The lowest BCUT2D eigenvalue weighted by atomic mass is 10.1. The Labute approximate surface area is 147 Å². The van der Waals surface area contributed by atoms with E-state index in [9.17, 15) is 13.2 Å². The van der Waals surface area contributed by atoms with Gasteiger partial charge in [-0.05, 0) is 43.1 Å². The van der Waals surface area contributed by atoms with Crippen LogP contribution in [0.1, 0.15) is 29.3 Å². The molecule has 2 N–H and O–H groups in total. The van der Waals surface area contributed by atoms with Gasteiger partial charge < -0.3 is 5.32 Å². The van der Waals surface area contributed by atoms with Crippen LogP contribution in [0.25, 0.3) is 0 Å². The summed E-state index contributed by atoms with van der Waals surface area (Å²) in [4.78, 5) is 12.7. The van der Waals surface area contributed by atoms with Crippen molar-refractivity contribution >= 4 is 27.3 Å². The maximum atomic E-state index is 11.9. The van der Waals surface area contributed by atoms with E-state index in [0.29, 0.717) is 19.4 Å². The van der Waals surface area contributed by atoms with Gasteiger partial charge >= 0.3 is 0 Å².